The second kappa shape index (κ2) is 7.09. The molecular weight excluding hydrogens is 316 g/mol. The molecule has 1 heterocycles. The summed E-state index contributed by atoms with van der Waals surface area (Å²) in [5, 5.41) is 0. The Hall–Kier alpha value is -2.62. The third-order valence-electron chi connectivity index (χ3n) is 4.67. The monoisotopic (exact) mass is 340 g/mol. The summed E-state index contributed by atoms with van der Waals surface area (Å²) in [6.07, 6.45) is 2.60. The molecule has 2 aromatic rings. The molecule has 0 aromatic heterocycles. The van der Waals surface area contributed by atoms with E-state index in [1.807, 2.05) is 30.3 Å². The zero-order chi connectivity index (χ0) is 18.0. The van der Waals surface area contributed by atoms with Gasteiger partial charge in [0, 0.05) is 11.5 Å². The number of ether oxygens (including phenoxy) is 4. The van der Waals surface area contributed by atoms with E-state index in [1.165, 1.54) is 5.56 Å². The second-order valence-electron chi connectivity index (χ2n) is 6.15. The minimum Gasteiger partial charge on any atom is -0.493 e. The van der Waals surface area contributed by atoms with Gasteiger partial charge in [-0.05, 0) is 35.7 Å². The van der Waals surface area contributed by atoms with Gasteiger partial charge < -0.3 is 18.9 Å². The van der Waals surface area contributed by atoms with Gasteiger partial charge in [0.25, 0.3) is 0 Å². The van der Waals surface area contributed by atoms with Crippen molar-refractivity contribution < 1.29 is 18.9 Å². The molecule has 132 valence electrons. The van der Waals surface area contributed by atoms with Crippen LogP contribution in [0.2, 0.25) is 0 Å². The number of fused-ring (bicyclic) bond motifs is 1. The van der Waals surface area contributed by atoms with Gasteiger partial charge in [-0.15, -0.1) is 6.58 Å². The van der Waals surface area contributed by atoms with Gasteiger partial charge in [0.1, 0.15) is 6.10 Å². The van der Waals surface area contributed by atoms with E-state index < -0.39 is 0 Å². The molecule has 0 bridgehead atoms. The maximum Gasteiger partial charge on any atom is 0.165 e. The van der Waals surface area contributed by atoms with Crippen LogP contribution in [0.4, 0.5) is 0 Å². The summed E-state index contributed by atoms with van der Waals surface area (Å²) < 4.78 is 22.6. The van der Waals surface area contributed by atoms with E-state index in [2.05, 4.69) is 19.6 Å². The van der Waals surface area contributed by atoms with Gasteiger partial charge in [-0.25, -0.2) is 0 Å². The summed E-state index contributed by atoms with van der Waals surface area (Å²) in [7, 11) is 4.94. The first kappa shape index (κ1) is 17.2. The van der Waals surface area contributed by atoms with Crippen molar-refractivity contribution in [3.8, 4) is 23.0 Å². The fourth-order valence-corrected chi connectivity index (χ4v) is 3.36. The fraction of sp³-hybridized carbons (Fsp3) is 0.333. The predicted octanol–water partition coefficient (Wildman–Crippen LogP) is 4.68. The van der Waals surface area contributed by atoms with Crippen LogP contribution in [0, 0.1) is 0 Å². The minimum absolute atomic E-state index is 0.0947. The average molecular weight is 340 g/mol. The highest BCUT2D eigenvalue weighted by molar-refractivity contribution is 5.55. The van der Waals surface area contributed by atoms with Crippen molar-refractivity contribution in [2.75, 3.05) is 21.3 Å². The molecule has 2 aromatic carbocycles. The van der Waals surface area contributed by atoms with Crippen LogP contribution in [-0.2, 0) is 6.42 Å². The van der Waals surface area contributed by atoms with Crippen LogP contribution >= 0.6 is 0 Å². The summed E-state index contributed by atoms with van der Waals surface area (Å²) in [4.78, 5) is 0. The van der Waals surface area contributed by atoms with Crippen LogP contribution in [0.25, 0.3) is 0 Å². The first-order valence-corrected chi connectivity index (χ1v) is 8.33. The van der Waals surface area contributed by atoms with E-state index in [-0.39, 0.29) is 12.0 Å². The molecule has 0 unspecified atom stereocenters. The van der Waals surface area contributed by atoms with Gasteiger partial charge in [0.05, 0.1) is 21.3 Å². The SMILES string of the molecule is C=CCc1cc(OC)c2c(c1)[C@@H](C)[C@@H](c1ccc(OC)c(OC)c1)O2. The summed E-state index contributed by atoms with van der Waals surface area (Å²) >= 11 is 0. The molecule has 0 fully saturated rings. The van der Waals surface area contributed by atoms with Crippen molar-refractivity contribution in [3.63, 3.8) is 0 Å². The Kier molecular flexibility index (Phi) is 4.88. The van der Waals surface area contributed by atoms with Crippen molar-refractivity contribution in [2.24, 2.45) is 0 Å². The van der Waals surface area contributed by atoms with E-state index in [1.54, 1.807) is 21.3 Å². The summed E-state index contributed by atoms with van der Waals surface area (Å²) in [5.74, 6) is 3.20. The third kappa shape index (κ3) is 3.04. The number of allylic oxidation sites excluding steroid dienone is 1. The van der Waals surface area contributed by atoms with Crippen LogP contribution in [0.5, 0.6) is 23.0 Å². The average Bonchev–Trinajstić information content (AvgIpc) is 2.97. The molecule has 0 saturated heterocycles. The van der Waals surface area contributed by atoms with Gasteiger partial charge in [-0.2, -0.15) is 0 Å². The Morgan fingerprint density at radius 1 is 1.00 bits per heavy atom. The van der Waals surface area contributed by atoms with Crippen molar-refractivity contribution >= 4 is 0 Å². The van der Waals surface area contributed by atoms with Crippen molar-refractivity contribution in [3.05, 3.63) is 59.7 Å². The third-order valence-corrected chi connectivity index (χ3v) is 4.67. The standard InChI is InChI=1S/C21H24O4/c1-6-7-14-10-16-13(2)20(25-21(16)19(11-14)24-5)15-8-9-17(22-3)18(12-15)23-4/h6,8-13,20H,1,7H2,2-5H3/t13-,20+/m1/s1. The topological polar surface area (TPSA) is 36.9 Å². The van der Waals surface area contributed by atoms with Gasteiger partial charge in [-0.3, -0.25) is 0 Å². The molecule has 25 heavy (non-hydrogen) atoms. The van der Waals surface area contributed by atoms with Crippen molar-refractivity contribution in [2.45, 2.75) is 25.4 Å². The lowest BCUT2D eigenvalue weighted by Gasteiger charge is -2.18. The summed E-state index contributed by atoms with van der Waals surface area (Å²) in [6, 6.07) is 10.1. The molecule has 0 saturated carbocycles. The lowest BCUT2D eigenvalue weighted by atomic mass is 9.91. The number of hydrogen-bond acceptors (Lipinski definition) is 4. The highest BCUT2D eigenvalue weighted by Gasteiger charge is 2.35. The van der Waals surface area contributed by atoms with E-state index in [0.29, 0.717) is 11.5 Å². The Morgan fingerprint density at radius 2 is 1.72 bits per heavy atom. The molecule has 0 amide bonds. The van der Waals surface area contributed by atoms with E-state index in [9.17, 15) is 0 Å². The maximum atomic E-state index is 6.29. The molecule has 0 N–H and O–H groups in total. The number of rotatable bonds is 6. The van der Waals surface area contributed by atoms with E-state index >= 15 is 0 Å². The van der Waals surface area contributed by atoms with Crippen LogP contribution < -0.4 is 18.9 Å². The molecular formula is C21H24O4. The van der Waals surface area contributed by atoms with Gasteiger partial charge >= 0.3 is 0 Å². The lowest BCUT2D eigenvalue weighted by Crippen LogP contribution is -2.07. The Morgan fingerprint density at radius 3 is 2.36 bits per heavy atom. The Bertz CT molecular complexity index is 782. The highest BCUT2D eigenvalue weighted by Crippen LogP contribution is 2.51. The van der Waals surface area contributed by atoms with E-state index in [4.69, 9.17) is 18.9 Å². The molecule has 2 atom stereocenters. The zero-order valence-corrected chi connectivity index (χ0v) is 15.2. The number of benzene rings is 2. The van der Waals surface area contributed by atoms with Crippen molar-refractivity contribution in [1.29, 1.82) is 0 Å². The molecule has 4 nitrogen and oxygen atoms in total. The Labute approximate surface area is 149 Å². The Balaban J connectivity index is 2.00. The van der Waals surface area contributed by atoms with Gasteiger partial charge in [0.2, 0.25) is 0 Å². The highest BCUT2D eigenvalue weighted by atomic mass is 16.5. The maximum absolute atomic E-state index is 6.29. The lowest BCUT2D eigenvalue weighted by molar-refractivity contribution is 0.207. The smallest absolute Gasteiger partial charge is 0.165 e. The van der Waals surface area contributed by atoms with Gasteiger partial charge in [0.15, 0.2) is 23.0 Å². The van der Waals surface area contributed by atoms with Crippen LogP contribution in [-0.4, -0.2) is 21.3 Å². The number of methoxy groups -OCH3 is 3. The zero-order valence-electron chi connectivity index (χ0n) is 15.2. The van der Waals surface area contributed by atoms with Crippen LogP contribution in [0.15, 0.2) is 43.0 Å². The van der Waals surface area contributed by atoms with Crippen LogP contribution in [0.1, 0.15) is 35.6 Å². The minimum atomic E-state index is -0.0947. The largest absolute Gasteiger partial charge is 0.493 e. The molecule has 0 spiro atoms. The first-order chi connectivity index (χ1) is 12.1. The van der Waals surface area contributed by atoms with E-state index in [0.717, 1.165) is 29.0 Å². The fourth-order valence-electron chi connectivity index (χ4n) is 3.36. The molecule has 1 aliphatic rings. The van der Waals surface area contributed by atoms with Crippen LogP contribution in [0.3, 0.4) is 0 Å². The summed E-state index contributed by atoms with van der Waals surface area (Å²) in [6.45, 7) is 6.00. The molecule has 0 aliphatic carbocycles. The molecule has 0 radical (unpaired) electrons. The quantitative estimate of drug-likeness (QED) is 0.716. The van der Waals surface area contributed by atoms with Gasteiger partial charge in [-0.1, -0.05) is 25.1 Å². The first-order valence-electron chi connectivity index (χ1n) is 8.33. The second-order valence-corrected chi connectivity index (χ2v) is 6.15. The molecule has 3 rings (SSSR count). The summed E-state index contributed by atoms with van der Waals surface area (Å²) in [5.41, 5.74) is 3.39. The predicted molar refractivity (Wildman–Crippen MR) is 98.2 cm³/mol. The number of hydrogen-bond donors (Lipinski definition) is 0. The van der Waals surface area contributed by atoms with Crippen molar-refractivity contribution in [1.82, 2.24) is 0 Å². The molecule has 4 heteroatoms. The molecule has 1 aliphatic heterocycles. The normalized spacial score (nSPS) is 18.2.